The lowest BCUT2D eigenvalue weighted by Crippen LogP contribution is -2.10. The number of fused-ring (bicyclic) bond motifs is 8. The van der Waals surface area contributed by atoms with Crippen LogP contribution in [0.2, 0.25) is 0 Å². The highest BCUT2D eigenvalue weighted by atomic mass is 16.3. The van der Waals surface area contributed by atoms with E-state index in [-0.39, 0.29) is 0 Å². The van der Waals surface area contributed by atoms with E-state index >= 15 is 0 Å². The number of aromatic nitrogens is 1. The predicted octanol–water partition coefficient (Wildman–Crippen LogP) is 12.8. The highest BCUT2D eigenvalue weighted by molar-refractivity contribution is 6.14. The summed E-state index contributed by atoms with van der Waals surface area (Å²) in [5.74, 6) is 0. The fourth-order valence-corrected chi connectivity index (χ4v) is 7.11. The van der Waals surface area contributed by atoms with Gasteiger partial charge in [-0.3, -0.25) is 4.98 Å². The molecule has 0 saturated heterocycles. The Hall–Kier alpha value is -6.65. The van der Waals surface area contributed by atoms with Gasteiger partial charge in [-0.25, -0.2) is 0 Å². The Bertz CT molecular complexity index is 2830. The SMILES string of the molecule is c1ccc(-c2cccc(N(c3ccc(-c4ccc5ccc6c7ncccc7oc6c5c4)cc3)c3ccc4c(c3)oc3ccccc34)c2)cc1. The molecule has 0 bridgehead atoms. The number of rotatable bonds is 5. The number of pyridine rings is 1. The number of anilines is 3. The van der Waals surface area contributed by atoms with Crippen molar-refractivity contribution in [1.82, 2.24) is 4.98 Å². The number of furan rings is 2. The molecule has 0 unspecified atom stereocenters. The van der Waals surface area contributed by atoms with Crippen molar-refractivity contribution in [2.45, 2.75) is 0 Å². The van der Waals surface area contributed by atoms with Gasteiger partial charge in [-0.05, 0) is 94.4 Å². The number of hydrogen-bond acceptors (Lipinski definition) is 4. The first-order valence-corrected chi connectivity index (χ1v) is 16.4. The average molecular weight is 629 g/mol. The second-order valence-electron chi connectivity index (χ2n) is 12.4. The Kier molecular flexibility index (Phi) is 6.15. The third kappa shape index (κ3) is 4.57. The number of nitrogens with zero attached hydrogens (tertiary/aromatic N) is 2. The van der Waals surface area contributed by atoms with Gasteiger partial charge in [-0.15, -0.1) is 0 Å². The topological polar surface area (TPSA) is 42.4 Å². The van der Waals surface area contributed by atoms with E-state index in [0.29, 0.717) is 0 Å². The summed E-state index contributed by atoms with van der Waals surface area (Å²) in [6.07, 6.45) is 1.81. The van der Waals surface area contributed by atoms with Crippen LogP contribution in [-0.2, 0) is 0 Å². The van der Waals surface area contributed by atoms with Crippen LogP contribution in [0.3, 0.4) is 0 Å². The maximum atomic E-state index is 6.33. The van der Waals surface area contributed by atoms with E-state index in [0.717, 1.165) is 88.5 Å². The lowest BCUT2D eigenvalue weighted by atomic mass is 9.99. The quantitative estimate of drug-likeness (QED) is 0.190. The number of hydrogen-bond donors (Lipinski definition) is 0. The predicted molar refractivity (Wildman–Crippen MR) is 202 cm³/mol. The first kappa shape index (κ1) is 27.5. The second kappa shape index (κ2) is 11.0. The van der Waals surface area contributed by atoms with Gasteiger partial charge < -0.3 is 13.7 Å². The van der Waals surface area contributed by atoms with E-state index in [1.54, 1.807) is 0 Å². The fourth-order valence-electron chi connectivity index (χ4n) is 7.11. The van der Waals surface area contributed by atoms with E-state index in [1.807, 2.05) is 30.5 Å². The van der Waals surface area contributed by atoms with Gasteiger partial charge in [0.05, 0.1) is 0 Å². The van der Waals surface area contributed by atoms with Gasteiger partial charge >= 0.3 is 0 Å². The molecule has 10 rings (SSSR count). The van der Waals surface area contributed by atoms with Crippen LogP contribution >= 0.6 is 0 Å². The molecule has 0 aliphatic rings. The largest absolute Gasteiger partial charge is 0.456 e. The highest BCUT2D eigenvalue weighted by Crippen LogP contribution is 2.41. The standard InChI is InChI=1S/C45H28N2O2/c1-2-8-29(9-3-1)32-10-6-11-35(26-32)47(36-22-24-38-37-12-4-5-13-41(37)48-43(38)28-36)34-20-17-30(18-21-34)33-16-15-31-19-23-39-44-42(14-7-25-46-44)49-45(39)40(31)27-33/h1-28H. The van der Waals surface area contributed by atoms with Crippen molar-refractivity contribution in [3.8, 4) is 22.3 Å². The minimum absolute atomic E-state index is 0.803. The molecule has 4 nitrogen and oxygen atoms in total. The lowest BCUT2D eigenvalue weighted by Gasteiger charge is -2.26. The molecule has 0 amide bonds. The van der Waals surface area contributed by atoms with Crippen LogP contribution in [0.1, 0.15) is 0 Å². The summed E-state index contributed by atoms with van der Waals surface area (Å²) in [7, 11) is 0. The van der Waals surface area contributed by atoms with Crippen molar-refractivity contribution >= 4 is 71.8 Å². The molecule has 3 aromatic heterocycles. The van der Waals surface area contributed by atoms with E-state index in [4.69, 9.17) is 8.83 Å². The van der Waals surface area contributed by atoms with Gasteiger partial charge in [0.25, 0.3) is 0 Å². The summed E-state index contributed by atoms with van der Waals surface area (Å²) < 4.78 is 12.7. The molecule has 0 N–H and O–H groups in total. The monoisotopic (exact) mass is 628 g/mol. The zero-order valence-electron chi connectivity index (χ0n) is 26.4. The van der Waals surface area contributed by atoms with E-state index in [2.05, 4.69) is 149 Å². The molecule has 3 heterocycles. The van der Waals surface area contributed by atoms with E-state index in [9.17, 15) is 0 Å². The Morgan fingerprint density at radius 3 is 1.98 bits per heavy atom. The van der Waals surface area contributed by atoms with Gasteiger partial charge in [-0.2, -0.15) is 0 Å². The van der Waals surface area contributed by atoms with Crippen LogP contribution < -0.4 is 4.90 Å². The van der Waals surface area contributed by atoms with Crippen LogP contribution in [0.25, 0.3) is 77.0 Å². The van der Waals surface area contributed by atoms with E-state index < -0.39 is 0 Å². The van der Waals surface area contributed by atoms with Crippen molar-refractivity contribution in [2.75, 3.05) is 4.90 Å². The molecular weight excluding hydrogens is 601 g/mol. The van der Waals surface area contributed by atoms with Crippen molar-refractivity contribution in [3.05, 3.63) is 170 Å². The molecule has 49 heavy (non-hydrogen) atoms. The smallest absolute Gasteiger partial charge is 0.153 e. The molecule has 0 radical (unpaired) electrons. The molecule has 4 heteroatoms. The molecular formula is C45H28N2O2. The number of para-hydroxylation sites is 1. The molecule has 0 spiro atoms. The average Bonchev–Trinajstić information content (AvgIpc) is 3.74. The molecule has 10 aromatic rings. The maximum Gasteiger partial charge on any atom is 0.153 e. The van der Waals surface area contributed by atoms with Gasteiger partial charge in [-0.1, -0.05) is 91.0 Å². The third-order valence-electron chi connectivity index (χ3n) is 9.50. The lowest BCUT2D eigenvalue weighted by molar-refractivity contribution is 0.669. The first-order chi connectivity index (χ1) is 24.3. The molecule has 0 aliphatic heterocycles. The fraction of sp³-hybridized carbons (Fsp3) is 0. The van der Waals surface area contributed by atoms with E-state index in [1.165, 1.54) is 5.56 Å². The Morgan fingerprint density at radius 1 is 0.388 bits per heavy atom. The van der Waals surface area contributed by atoms with Crippen LogP contribution in [0, 0.1) is 0 Å². The third-order valence-corrected chi connectivity index (χ3v) is 9.50. The van der Waals surface area contributed by atoms with Crippen molar-refractivity contribution in [3.63, 3.8) is 0 Å². The van der Waals surface area contributed by atoms with Crippen molar-refractivity contribution in [2.24, 2.45) is 0 Å². The van der Waals surface area contributed by atoms with Crippen LogP contribution in [0.5, 0.6) is 0 Å². The zero-order valence-corrected chi connectivity index (χ0v) is 26.4. The molecule has 230 valence electrons. The zero-order chi connectivity index (χ0) is 32.3. The van der Waals surface area contributed by atoms with Crippen LogP contribution in [-0.4, -0.2) is 4.98 Å². The minimum Gasteiger partial charge on any atom is -0.456 e. The van der Waals surface area contributed by atoms with Gasteiger partial charge in [0.2, 0.25) is 0 Å². The summed E-state index contributed by atoms with van der Waals surface area (Å²) in [5.41, 5.74) is 12.1. The molecule has 0 aliphatic carbocycles. The van der Waals surface area contributed by atoms with Crippen LogP contribution in [0.15, 0.2) is 179 Å². The van der Waals surface area contributed by atoms with Gasteiger partial charge in [0, 0.05) is 50.9 Å². The summed E-state index contributed by atoms with van der Waals surface area (Å²) in [6.45, 7) is 0. The highest BCUT2D eigenvalue weighted by Gasteiger charge is 2.17. The summed E-state index contributed by atoms with van der Waals surface area (Å²) >= 11 is 0. The van der Waals surface area contributed by atoms with Crippen LogP contribution in [0.4, 0.5) is 17.1 Å². The second-order valence-corrected chi connectivity index (χ2v) is 12.4. The normalized spacial score (nSPS) is 11.7. The molecule has 0 atom stereocenters. The number of benzene rings is 7. The van der Waals surface area contributed by atoms with Crippen molar-refractivity contribution < 1.29 is 8.83 Å². The molecule has 7 aromatic carbocycles. The Morgan fingerprint density at radius 2 is 1.06 bits per heavy atom. The summed E-state index contributed by atoms with van der Waals surface area (Å²) in [6, 6.07) is 57.4. The van der Waals surface area contributed by atoms with Gasteiger partial charge in [0.1, 0.15) is 22.3 Å². The molecule has 0 saturated carbocycles. The van der Waals surface area contributed by atoms with Gasteiger partial charge in [0.15, 0.2) is 5.58 Å². The summed E-state index contributed by atoms with van der Waals surface area (Å²) in [5, 5.41) is 5.48. The summed E-state index contributed by atoms with van der Waals surface area (Å²) in [4.78, 5) is 6.88. The Labute approximate surface area is 282 Å². The van der Waals surface area contributed by atoms with Crippen molar-refractivity contribution in [1.29, 1.82) is 0 Å². The first-order valence-electron chi connectivity index (χ1n) is 16.4. The maximum absolute atomic E-state index is 6.33. The Balaban J connectivity index is 1.09. The molecule has 0 fully saturated rings. The minimum atomic E-state index is 0.803.